The van der Waals surface area contributed by atoms with Crippen LogP contribution < -0.4 is 20.5 Å². The number of ether oxygens (including phenoxy) is 2. The monoisotopic (exact) mass is 280 g/mol. The van der Waals surface area contributed by atoms with Gasteiger partial charge in [0, 0.05) is 20.4 Å². The number of nitrogens with two attached hydrogens (primary N) is 1. The minimum Gasteiger partial charge on any atom is -0.423 e. The normalized spacial score (nSPS) is 9.70. The first-order valence-corrected chi connectivity index (χ1v) is 5.91. The fraction of sp³-hybridized carbons (Fsp3) is 0.308. The van der Waals surface area contributed by atoms with Crippen molar-refractivity contribution in [1.29, 1.82) is 0 Å². The van der Waals surface area contributed by atoms with Crippen molar-refractivity contribution in [3.05, 3.63) is 23.8 Å². The average Bonchev–Trinajstić information content (AvgIpc) is 2.30. The van der Waals surface area contributed by atoms with Crippen molar-refractivity contribution in [2.45, 2.75) is 20.3 Å². The second kappa shape index (κ2) is 7.13. The molecule has 20 heavy (non-hydrogen) atoms. The van der Waals surface area contributed by atoms with E-state index in [4.69, 9.17) is 15.2 Å². The molecule has 0 fully saturated rings. The molecule has 0 aliphatic carbocycles. The molecular weight excluding hydrogens is 264 g/mol. The number of esters is 2. The summed E-state index contributed by atoms with van der Waals surface area (Å²) in [5, 5.41) is 2.45. The van der Waals surface area contributed by atoms with Gasteiger partial charge >= 0.3 is 18.0 Å². The highest BCUT2D eigenvalue weighted by molar-refractivity contribution is 5.74. The van der Waals surface area contributed by atoms with E-state index in [0.29, 0.717) is 13.0 Å². The minimum absolute atomic E-state index is 0.157. The maximum atomic E-state index is 11.0. The smallest absolute Gasteiger partial charge is 0.312 e. The molecule has 0 aromatic heterocycles. The van der Waals surface area contributed by atoms with E-state index in [1.54, 1.807) is 12.1 Å². The highest BCUT2D eigenvalue weighted by Crippen LogP contribution is 2.29. The summed E-state index contributed by atoms with van der Waals surface area (Å²) in [5.41, 5.74) is 5.75. The van der Waals surface area contributed by atoms with Crippen molar-refractivity contribution in [1.82, 2.24) is 5.32 Å². The molecule has 0 unspecified atom stereocenters. The predicted molar refractivity (Wildman–Crippen MR) is 70.4 cm³/mol. The Morgan fingerprint density at radius 3 is 2.25 bits per heavy atom. The van der Waals surface area contributed by atoms with E-state index in [0.717, 1.165) is 5.56 Å². The Morgan fingerprint density at radius 2 is 1.70 bits per heavy atom. The summed E-state index contributed by atoms with van der Waals surface area (Å²) in [4.78, 5) is 32.6. The standard InChI is InChI=1S/C13H16N2O5/c1-8(16)19-11-4-3-10(5-6-15-13(14)18)7-12(11)20-9(2)17/h3-4,7H,5-6H2,1-2H3,(H3,14,15,18). The topological polar surface area (TPSA) is 108 Å². The lowest BCUT2D eigenvalue weighted by Gasteiger charge is -2.10. The van der Waals surface area contributed by atoms with Gasteiger partial charge in [0.2, 0.25) is 0 Å². The molecular formula is C13H16N2O5. The minimum atomic E-state index is -0.609. The van der Waals surface area contributed by atoms with Crippen LogP contribution in [0.25, 0.3) is 0 Å². The van der Waals surface area contributed by atoms with Crippen LogP contribution in [0.5, 0.6) is 11.5 Å². The lowest BCUT2D eigenvalue weighted by molar-refractivity contribution is -0.134. The third kappa shape index (κ3) is 5.38. The van der Waals surface area contributed by atoms with E-state index in [1.165, 1.54) is 19.9 Å². The zero-order valence-electron chi connectivity index (χ0n) is 11.3. The van der Waals surface area contributed by atoms with Crippen molar-refractivity contribution in [2.24, 2.45) is 5.73 Å². The molecule has 0 spiro atoms. The van der Waals surface area contributed by atoms with Crippen molar-refractivity contribution in [3.63, 3.8) is 0 Å². The lowest BCUT2D eigenvalue weighted by atomic mass is 10.1. The molecule has 0 aliphatic heterocycles. The van der Waals surface area contributed by atoms with Crippen LogP contribution in [0.2, 0.25) is 0 Å². The van der Waals surface area contributed by atoms with Crippen molar-refractivity contribution in [2.75, 3.05) is 6.54 Å². The number of hydrogen-bond acceptors (Lipinski definition) is 5. The third-order valence-electron chi connectivity index (χ3n) is 2.23. The van der Waals surface area contributed by atoms with Gasteiger partial charge in [0.15, 0.2) is 11.5 Å². The molecule has 0 saturated carbocycles. The number of amides is 2. The van der Waals surface area contributed by atoms with Gasteiger partial charge in [-0.3, -0.25) is 9.59 Å². The number of nitrogens with one attached hydrogen (secondary N) is 1. The van der Waals surface area contributed by atoms with E-state index in [9.17, 15) is 14.4 Å². The molecule has 7 heteroatoms. The first kappa shape index (κ1) is 15.5. The van der Waals surface area contributed by atoms with Gasteiger partial charge in [-0.25, -0.2) is 4.79 Å². The second-order valence-corrected chi connectivity index (χ2v) is 4.01. The van der Waals surface area contributed by atoms with Crippen LogP contribution in [-0.2, 0) is 16.0 Å². The number of carbonyl (C=O) groups excluding carboxylic acids is 3. The Hall–Kier alpha value is -2.57. The Kier molecular flexibility index (Phi) is 5.52. The predicted octanol–water partition coefficient (Wildman–Crippen LogP) is 0.748. The molecule has 0 aliphatic rings. The molecule has 3 N–H and O–H groups in total. The quantitative estimate of drug-likeness (QED) is 0.611. The SMILES string of the molecule is CC(=O)Oc1ccc(CCNC(N)=O)cc1OC(C)=O. The van der Waals surface area contributed by atoms with Gasteiger partial charge in [0.25, 0.3) is 0 Å². The van der Waals surface area contributed by atoms with Crippen LogP contribution in [0.15, 0.2) is 18.2 Å². The van der Waals surface area contributed by atoms with E-state index in [2.05, 4.69) is 5.32 Å². The number of primary amides is 1. The summed E-state index contributed by atoms with van der Waals surface area (Å²) in [6.07, 6.45) is 0.498. The molecule has 0 bridgehead atoms. The zero-order chi connectivity index (χ0) is 15.1. The summed E-state index contributed by atoms with van der Waals surface area (Å²) in [5.74, 6) is -0.712. The number of hydrogen-bond donors (Lipinski definition) is 2. The Balaban J connectivity index is 2.86. The summed E-state index contributed by atoms with van der Waals surface area (Å²) in [6, 6.07) is 4.19. The number of urea groups is 1. The van der Waals surface area contributed by atoms with Crippen LogP contribution >= 0.6 is 0 Å². The number of rotatable bonds is 5. The molecule has 2 amide bonds. The van der Waals surface area contributed by atoms with Crippen molar-refractivity contribution < 1.29 is 23.9 Å². The second-order valence-electron chi connectivity index (χ2n) is 4.01. The van der Waals surface area contributed by atoms with Gasteiger partial charge in [0.1, 0.15) is 0 Å². The largest absolute Gasteiger partial charge is 0.423 e. The molecule has 0 atom stereocenters. The Bertz CT molecular complexity index is 527. The van der Waals surface area contributed by atoms with Crippen LogP contribution in [0, 0.1) is 0 Å². The fourth-order valence-electron chi connectivity index (χ4n) is 1.51. The highest BCUT2D eigenvalue weighted by atomic mass is 16.6. The van der Waals surface area contributed by atoms with E-state index in [-0.39, 0.29) is 11.5 Å². The first-order valence-electron chi connectivity index (χ1n) is 5.91. The van der Waals surface area contributed by atoms with E-state index in [1.807, 2.05) is 0 Å². The summed E-state index contributed by atoms with van der Waals surface area (Å²) >= 11 is 0. The maximum Gasteiger partial charge on any atom is 0.312 e. The van der Waals surface area contributed by atoms with Crippen LogP contribution in [0.3, 0.4) is 0 Å². The molecule has 108 valence electrons. The van der Waals surface area contributed by atoms with Gasteiger partial charge in [-0.1, -0.05) is 6.07 Å². The van der Waals surface area contributed by atoms with Crippen molar-refractivity contribution in [3.8, 4) is 11.5 Å². The summed E-state index contributed by atoms with van der Waals surface area (Å²) < 4.78 is 9.92. The number of carbonyl (C=O) groups is 3. The third-order valence-corrected chi connectivity index (χ3v) is 2.23. The van der Waals surface area contributed by atoms with Gasteiger partial charge in [-0.15, -0.1) is 0 Å². The lowest BCUT2D eigenvalue weighted by Crippen LogP contribution is -2.30. The molecule has 0 saturated heterocycles. The molecule has 1 rings (SSSR count). The summed E-state index contributed by atoms with van der Waals surface area (Å²) in [6.45, 7) is 2.85. The fourth-order valence-corrected chi connectivity index (χ4v) is 1.51. The Morgan fingerprint density at radius 1 is 1.10 bits per heavy atom. The van der Waals surface area contributed by atoms with Gasteiger partial charge in [-0.2, -0.15) is 0 Å². The van der Waals surface area contributed by atoms with Crippen LogP contribution in [0.4, 0.5) is 4.79 Å². The molecule has 1 aromatic rings. The molecule has 7 nitrogen and oxygen atoms in total. The first-order chi connectivity index (χ1) is 9.38. The molecule has 0 radical (unpaired) electrons. The van der Waals surface area contributed by atoms with Gasteiger partial charge < -0.3 is 20.5 Å². The van der Waals surface area contributed by atoms with Gasteiger partial charge in [0.05, 0.1) is 0 Å². The van der Waals surface area contributed by atoms with E-state index >= 15 is 0 Å². The maximum absolute atomic E-state index is 11.0. The molecule has 0 heterocycles. The van der Waals surface area contributed by atoms with Crippen molar-refractivity contribution >= 4 is 18.0 Å². The molecule has 1 aromatic carbocycles. The van der Waals surface area contributed by atoms with Crippen LogP contribution in [0.1, 0.15) is 19.4 Å². The number of benzene rings is 1. The van der Waals surface area contributed by atoms with Gasteiger partial charge in [-0.05, 0) is 24.1 Å². The van der Waals surface area contributed by atoms with Crippen LogP contribution in [-0.4, -0.2) is 24.5 Å². The Labute approximate surface area is 116 Å². The summed E-state index contributed by atoms with van der Waals surface area (Å²) in [7, 11) is 0. The zero-order valence-corrected chi connectivity index (χ0v) is 11.3. The van der Waals surface area contributed by atoms with E-state index < -0.39 is 18.0 Å². The average molecular weight is 280 g/mol. The highest BCUT2D eigenvalue weighted by Gasteiger charge is 2.11.